The van der Waals surface area contributed by atoms with E-state index in [0.717, 1.165) is 12.0 Å². The number of carbonyl (C=O) groups excluding carboxylic acids is 1. The van der Waals surface area contributed by atoms with Gasteiger partial charge in [-0.25, -0.2) is 0 Å². The number of carbonyl (C=O) groups is 1. The van der Waals surface area contributed by atoms with Crippen LogP contribution in [0, 0.1) is 11.8 Å². The van der Waals surface area contributed by atoms with E-state index in [0.29, 0.717) is 0 Å². The molecule has 122 valence electrons. The van der Waals surface area contributed by atoms with E-state index in [4.69, 9.17) is 4.74 Å². The molecule has 0 spiro atoms. The van der Waals surface area contributed by atoms with E-state index in [9.17, 15) is 4.79 Å². The Morgan fingerprint density at radius 2 is 1.83 bits per heavy atom. The zero-order valence-electron chi connectivity index (χ0n) is 14.1. The fourth-order valence-electron chi connectivity index (χ4n) is 3.35. The Balaban J connectivity index is 1.89. The third kappa shape index (κ3) is 3.48. The first-order valence-corrected chi connectivity index (χ1v) is 8.27. The molecule has 2 heteroatoms. The molecule has 0 N–H and O–H groups in total. The average molecular weight is 318 g/mol. The summed E-state index contributed by atoms with van der Waals surface area (Å²) in [7, 11) is 1.46. The lowest BCUT2D eigenvalue weighted by Crippen LogP contribution is -2.26. The van der Waals surface area contributed by atoms with Gasteiger partial charge in [0.25, 0.3) is 0 Å². The first-order chi connectivity index (χ1) is 11.7. The summed E-state index contributed by atoms with van der Waals surface area (Å²) in [6.07, 6.45) is 7.04. The molecule has 0 saturated heterocycles. The van der Waals surface area contributed by atoms with Gasteiger partial charge in [0.1, 0.15) is 0 Å². The van der Waals surface area contributed by atoms with Crippen molar-refractivity contribution in [1.29, 1.82) is 0 Å². The SMILES string of the molecule is COC(=O)C(/C=C/c1ccccc1)[C@@H]1C=C(C)c2ccccc2C1. The number of benzene rings is 2. The fraction of sp³-hybridized carbons (Fsp3) is 0.227. The number of rotatable bonds is 4. The minimum absolute atomic E-state index is 0.118. The highest BCUT2D eigenvalue weighted by molar-refractivity contribution is 5.78. The van der Waals surface area contributed by atoms with Gasteiger partial charge >= 0.3 is 5.97 Å². The highest BCUT2D eigenvalue weighted by Gasteiger charge is 2.29. The molecule has 0 fully saturated rings. The second kappa shape index (κ2) is 7.31. The molecule has 2 aromatic rings. The smallest absolute Gasteiger partial charge is 0.313 e. The molecule has 2 atom stereocenters. The standard InChI is InChI=1S/C22H22O2/c1-16-14-19(15-18-10-6-7-11-20(16)18)21(22(23)24-2)13-12-17-8-4-3-5-9-17/h3-14,19,21H,15H2,1-2H3/b13-12+/t19-,21?/m1/s1. The summed E-state index contributed by atoms with van der Waals surface area (Å²) in [4.78, 5) is 12.3. The van der Waals surface area contributed by atoms with Gasteiger partial charge in [-0.1, -0.05) is 72.8 Å². The summed E-state index contributed by atoms with van der Waals surface area (Å²) in [6.45, 7) is 2.11. The predicted molar refractivity (Wildman–Crippen MR) is 98.3 cm³/mol. The molecule has 0 saturated carbocycles. The Labute approximate surface area is 143 Å². The monoisotopic (exact) mass is 318 g/mol. The van der Waals surface area contributed by atoms with Crippen molar-refractivity contribution in [3.05, 3.63) is 83.4 Å². The van der Waals surface area contributed by atoms with Crippen LogP contribution in [-0.2, 0) is 16.0 Å². The van der Waals surface area contributed by atoms with Crippen molar-refractivity contribution < 1.29 is 9.53 Å². The van der Waals surface area contributed by atoms with E-state index < -0.39 is 0 Å². The van der Waals surface area contributed by atoms with E-state index in [1.54, 1.807) is 0 Å². The molecular weight excluding hydrogens is 296 g/mol. The summed E-state index contributed by atoms with van der Waals surface area (Å²) in [6, 6.07) is 18.4. The van der Waals surface area contributed by atoms with Gasteiger partial charge in [-0.2, -0.15) is 0 Å². The Bertz CT molecular complexity index is 772. The lowest BCUT2D eigenvalue weighted by molar-refractivity contribution is -0.144. The zero-order chi connectivity index (χ0) is 16.9. The lowest BCUT2D eigenvalue weighted by atomic mass is 9.78. The first-order valence-electron chi connectivity index (χ1n) is 8.27. The van der Waals surface area contributed by atoms with Crippen molar-refractivity contribution in [2.24, 2.45) is 11.8 Å². The predicted octanol–water partition coefficient (Wildman–Crippen LogP) is 4.76. The highest BCUT2D eigenvalue weighted by Crippen LogP contribution is 2.33. The molecule has 1 aliphatic rings. The quantitative estimate of drug-likeness (QED) is 0.759. The molecule has 0 amide bonds. The second-order valence-corrected chi connectivity index (χ2v) is 6.19. The van der Waals surface area contributed by atoms with E-state index in [2.05, 4.69) is 37.3 Å². The first kappa shape index (κ1) is 16.3. The van der Waals surface area contributed by atoms with Gasteiger partial charge in [-0.3, -0.25) is 4.79 Å². The largest absolute Gasteiger partial charge is 0.469 e. The van der Waals surface area contributed by atoms with Crippen LogP contribution in [0.1, 0.15) is 23.6 Å². The number of ether oxygens (including phenoxy) is 1. The summed E-state index contributed by atoms with van der Waals surface area (Å²) >= 11 is 0. The highest BCUT2D eigenvalue weighted by atomic mass is 16.5. The Hall–Kier alpha value is -2.61. The Morgan fingerprint density at radius 3 is 2.58 bits per heavy atom. The van der Waals surface area contributed by atoms with Crippen LogP contribution >= 0.6 is 0 Å². The molecule has 1 unspecified atom stereocenters. The summed E-state index contributed by atoms with van der Waals surface area (Å²) < 4.78 is 5.06. The van der Waals surface area contributed by atoms with Crippen molar-refractivity contribution in [2.75, 3.05) is 7.11 Å². The lowest BCUT2D eigenvalue weighted by Gasteiger charge is -2.26. The minimum Gasteiger partial charge on any atom is -0.469 e. The van der Waals surface area contributed by atoms with Crippen molar-refractivity contribution in [2.45, 2.75) is 13.3 Å². The molecule has 0 bridgehead atoms. The average Bonchev–Trinajstić information content (AvgIpc) is 2.62. The van der Waals surface area contributed by atoms with Gasteiger partial charge in [-0.05, 0) is 41.5 Å². The van der Waals surface area contributed by atoms with Gasteiger partial charge in [0, 0.05) is 0 Å². The maximum Gasteiger partial charge on any atom is 0.313 e. The Kier molecular flexibility index (Phi) is 4.95. The molecular formula is C22H22O2. The normalized spacial score (nSPS) is 17.9. The van der Waals surface area contributed by atoms with Gasteiger partial charge in [-0.15, -0.1) is 0 Å². The van der Waals surface area contributed by atoms with Gasteiger partial charge in [0.15, 0.2) is 0 Å². The molecule has 2 nitrogen and oxygen atoms in total. The van der Waals surface area contributed by atoms with Crippen LogP contribution in [0.3, 0.4) is 0 Å². The van der Waals surface area contributed by atoms with Crippen LogP contribution in [0.4, 0.5) is 0 Å². The van der Waals surface area contributed by atoms with Crippen molar-refractivity contribution >= 4 is 17.6 Å². The van der Waals surface area contributed by atoms with Gasteiger partial charge in [0.05, 0.1) is 13.0 Å². The van der Waals surface area contributed by atoms with E-state index in [-0.39, 0.29) is 17.8 Å². The Morgan fingerprint density at radius 1 is 1.12 bits per heavy atom. The number of hydrogen-bond donors (Lipinski definition) is 0. The number of methoxy groups -OCH3 is 1. The van der Waals surface area contributed by atoms with Crippen molar-refractivity contribution in [1.82, 2.24) is 0 Å². The van der Waals surface area contributed by atoms with Gasteiger partial charge in [0.2, 0.25) is 0 Å². The molecule has 2 aromatic carbocycles. The van der Waals surface area contributed by atoms with Crippen LogP contribution in [0.5, 0.6) is 0 Å². The maximum absolute atomic E-state index is 12.3. The van der Waals surface area contributed by atoms with Crippen LogP contribution in [0.25, 0.3) is 11.6 Å². The van der Waals surface area contributed by atoms with E-state index in [1.807, 2.05) is 42.5 Å². The third-order valence-corrected chi connectivity index (χ3v) is 4.59. The zero-order valence-corrected chi connectivity index (χ0v) is 14.1. The van der Waals surface area contributed by atoms with Crippen LogP contribution in [-0.4, -0.2) is 13.1 Å². The number of allylic oxidation sites excluding steroid dienone is 2. The third-order valence-electron chi connectivity index (χ3n) is 4.59. The summed E-state index contributed by atoms with van der Waals surface area (Å²) in [5.74, 6) is -0.346. The number of hydrogen-bond acceptors (Lipinski definition) is 2. The van der Waals surface area contributed by atoms with Crippen molar-refractivity contribution in [3.8, 4) is 0 Å². The molecule has 24 heavy (non-hydrogen) atoms. The van der Waals surface area contributed by atoms with Crippen LogP contribution < -0.4 is 0 Å². The van der Waals surface area contributed by atoms with Crippen molar-refractivity contribution in [3.63, 3.8) is 0 Å². The maximum atomic E-state index is 12.3. The van der Waals surface area contributed by atoms with Crippen LogP contribution in [0.2, 0.25) is 0 Å². The number of fused-ring (bicyclic) bond motifs is 1. The topological polar surface area (TPSA) is 26.3 Å². The second-order valence-electron chi connectivity index (χ2n) is 6.19. The molecule has 0 heterocycles. The molecule has 0 radical (unpaired) electrons. The number of esters is 1. The van der Waals surface area contributed by atoms with Gasteiger partial charge < -0.3 is 4.74 Å². The van der Waals surface area contributed by atoms with Crippen LogP contribution in [0.15, 0.2) is 66.7 Å². The van der Waals surface area contributed by atoms with E-state index >= 15 is 0 Å². The fourth-order valence-corrected chi connectivity index (χ4v) is 3.35. The molecule has 1 aliphatic carbocycles. The summed E-state index contributed by atoms with van der Waals surface area (Å²) in [5, 5.41) is 0. The van der Waals surface area contributed by atoms with E-state index in [1.165, 1.54) is 23.8 Å². The minimum atomic E-state index is -0.279. The molecule has 0 aliphatic heterocycles. The summed E-state index contributed by atoms with van der Waals surface area (Å²) in [5.41, 5.74) is 4.89. The molecule has 3 rings (SSSR count). The molecule has 0 aromatic heterocycles.